The SMILES string of the molecule is Cc1ccc(-n2cnnc2SCC(=O)N2CC(C)OC(C)C2)cc1C. The molecule has 0 spiro atoms. The summed E-state index contributed by atoms with van der Waals surface area (Å²) in [6.07, 6.45) is 1.85. The summed E-state index contributed by atoms with van der Waals surface area (Å²) in [5.41, 5.74) is 3.47. The lowest BCUT2D eigenvalue weighted by molar-refractivity contribution is -0.140. The molecule has 2 atom stereocenters. The van der Waals surface area contributed by atoms with Crippen molar-refractivity contribution in [2.45, 2.75) is 45.1 Å². The number of nitrogens with zero attached hydrogens (tertiary/aromatic N) is 4. The van der Waals surface area contributed by atoms with Crippen LogP contribution in [-0.2, 0) is 9.53 Å². The molecule has 1 aliphatic rings. The Morgan fingerprint density at radius 1 is 1.24 bits per heavy atom. The Morgan fingerprint density at radius 3 is 2.64 bits per heavy atom. The first kappa shape index (κ1) is 17.9. The van der Waals surface area contributed by atoms with Crippen LogP contribution in [0.15, 0.2) is 29.7 Å². The Hall–Kier alpha value is -1.86. The smallest absolute Gasteiger partial charge is 0.233 e. The van der Waals surface area contributed by atoms with Gasteiger partial charge in [0.2, 0.25) is 5.91 Å². The van der Waals surface area contributed by atoms with Gasteiger partial charge in [-0.1, -0.05) is 17.8 Å². The quantitative estimate of drug-likeness (QED) is 0.785. The van der Waals surface area contributed by atoms with E-state index in [4.69, 9.17) is 4.74 Å². The van der Waals surface area contributed by atoms with Gasteiger partial charge in [-0.2, -0.15) is 0 Å². The van der Waals surface area contributed by atoms with E-state index >= 15 is 0 Å². The number of amides is 1. The summed E-state index contributed by atoms with van der Waals surface area (Å²) < 4.78 is 7.61. The summed E-state index contributed by atoms with van der Waals surface area (Å²) in [6.45, 7) is 9.46. The average molecular weight is 360 g/mol. The fourth-order valence-corrected chi connectivity index (χ4v) is 3.81. The largest absolute Gasteiger partial charge is 0.372 e. The van der Waals surface area contributed by atoms with E-state index in [2.05, 4.69) is 36.2 Å². The normalized spacial score (nSPS) is 20.7. The van der Waals surface area contributed by atoms with Crippen molar-refractivity contribution >= 4 is 17.7 Å². The molecule has 1 saturated heterocycles. The minimum atomic E-state index is 0.0805. The highest BCUT2D eigenvalue weighted by Gasteiger charge is 2.26. The summed E-state index contributed by atoms with van der Waals surface area (Å²) >= 11 is 1.42. The van der Waals surface area contributed by atoms with Crippen LogP contribution in [0.3, 0.4) is 0 Å². The summed E-state index contributed by atoms with van der Waals surface area (Å²) in [5, 5.41) is 8.91. The number of thioether (sulfide) groups is 1. The molecule has 134 valence electrons. The second-order valence-electron chi connectivity index (χ2n) is 6.60. The molecule has 0 radical (unpaired) electrons. The molecule has 1 aromatic heterocycles. The maximum absolute atomic E-state index is 12.5. The van der Waals surface area contributed by atoms with Crippen molar-refractivity contribution in [1.82, 2.24) is 19.7 Å². The third-order valence-electron chi connectivity index (χ3n) is 4.38. The zero-order chi connectivity index (χ0) is 18.0. The van der Waals surface area contributed by atoms with E-state index in [0.29, 0.717) is 18.8 Å². The van der Waals surface area contributed by atoms with E-state index in [1.807, 2.05) is 29.4 Å². The molecule has 0 N–H and O–H groups in total. The van der Waals surface area contributed by atoms with Gasteiger partial charge >= 0.3 is 0 Å². The van der Waals surface area contributed by atoms with Gasteiger partial charge in [-0.25, -0.2) is 0 Å². The molecule has 1 amide bonds. The Kier molecular flexibility index (Phi) is 5.44. The van der Waals surface area contributed by atoms with Crippen LogP contribution in [0, 0.1) is 13.8 Å². The third-order valence-corrected chi connectivity index (χ3v) is 5.31. The minimum Gasteiger partial charge on any atom is -0.372 e. The van der Waals surface area contributed by atoms with E-state index in [1.165, 1.54) is 22.9 Å². The van der Waals surface area contributed by atoms with Crippen molar-refractivity contribution in [3.8, 4) is 5.69 Å². The van der Waals surface area contributed by atoms with Crippen molar-refractivity contribution in [3.05, 3.63) is 35.7 Å². The molecular formula is C18H24N4O2S. The monoisotopic (exact) mass is 360 g/mol. The predicted molar refractivity (Wildman–Crippen MR) is 98.1 cm³/mol. The summed E-state index contributed by atoms with van der Waals surface area (Å²) in [4.78, 5) is 14.4. The van der Waals surface area contributed by atoms with E-state index in [0.717, 1.165) is 10.8 Å². The molecule has 2 aromatic rings. The van der Waals surface area contributed by atoms with Crippen LogP contribution in [-0.4, -0.2) is 56.6 Å². The number of hydrogen-bond donors (Lipinski definition) is 0. The lowest BCUT2D eigenvalue weighted by atomic mass is 10.1. The van der Waals surface area contributed by atoms with Crippen LogP contribution in [0.4, 0.5) is 0 Å². The van der Waals surface area contributed by atoms with E-state index in [9.17, 15) is 4.79 Å². The van der Waals surface area contributed by atoms with Crippen LogP contribution < -0.4 is 0 Å². The lowest BCUT2D eigenvalue weighted by Crippen LogP contribution is -2.48. The first-order chi connectivity index (χ1) is 11.9. The molecule has 1 aliphatic heterocycles. The molecule has 0 aliphatic carbocycles. The molecule has 7 heteroatoms. The van der Waals surface area contributed by atoms with E-state index in [1.54, 1.807) is 6.33 Å². The maximum atomic E-state index is 12.5. The predicted octanol–water partition coefficient (Wildman–Crippen LogP) is 2.61. The number of ether oxygens (including phenoxy) is 1. The molecule has 2 heterocycles. The first-order valence-corrected chi connectivity index (χ1v) is 9.46. The van der Waals surface area contributed by atoms with Crippen LogP contribution in [0.1, 0.15) is 25.0 Å². The topological polar surface area (TPSA) is 60.2 Å². The standard InChI is InChI=1S/C18H24N4O2S/c1-12-5-6-16(7-13(12)2)22-11-19-20-18(22)25-10-17(23)21-8-14(3)24-15(4)9-21/h5-7,11,14-15H,8-10H2,1-4H3. The number of benzene rings is 1. The highest BCUT2D eigenvalue weighted by Crippen LogP contribution is 2.22. The number of morpholine rings is 1. The Morgan fingerprint density at radius 2 is 1.96 bits per heavy atom. The van der Waals surface area contributed by atoms with Crippen molar-refractivity contribution in [1.29, 1.82) is 0 Å². The van der Waals surface area contributed by atoms with Gasteiger partial charge in [0.05, 0.1) is 18.0 Å². The highest BCUT2D eigenvalue weighted by molar-refractivity contribution is 7.99. The molecule has 0 saturated carbocycles. The molecule has 0 bridgehead atoms. The molecular weight excluding hydrogens is 336 g/mol. The first-order valence-electron chi connectivity index (χ1n) is 8.47. The summed E-state index contributed by atoms with van der Waals surface area (Å²) in [5.74, 6) is 0.463. The molecule has 2 unspecified atom stereocenters. The molecule has 3 rings (SSSR count). The van der Waals surface area contributed by atoms with Gasteiger partial charge in [0, 0.05) is 18.8 Å². The van der Waals surface area contributed by atoms with Crippen molar-refractivity contribution in [2.24, 2.45) is 0 Å². The zero-order valence-electron chi connectivity index (χ0n) is 15.1. The maximum Gasteiger partial charge on any atom is 0.233 e. The van der Waals surface area contributed by atoms with Crippen LogP contribution in [0.5, 0.6) is 0 Å². The minimum absolute atomic E-state index is 0.0805. The summed E-state index contributed by atoms with van der Waals surface area (Å²) in [7, 11) is 0. The fraction of sp³-hybridized carbons (Fsp3) is 0.500. The average Bonchev–Trinajstić information content (AvgIpc) is 3.02. The number of rotatable bonds is 4. The van der Waals surface area contributed by atoms with Crippen LogP contribution >= 0.6 is 11.8 Å². The van der Waals surface area contributed by atoms with Crippen LogP contribution in [0.2, 0.25) is 0 Å². The molecule has 1 aromatic carbocycles. The van der Waals surface area contributed by atoms with Gasteiger partial charge in [0.1, 0.15) is 6.33 Å². The third kappa shape index (κ3) is 4.22. The molecule has 1 fully saturated rings. The lowest BCUT2D eigenvalue weighted by Gasteiger charge is -2.35. The number of aryl methyl sites for hydroxylation is 2. The molecule has 25 heavy (non-hydrogen) atoms. The number of carbonyl (C=O) groups excluding carboxylic acids is 1. The second kappa shape index (κ2) is 7.58. The van der Waals surface area contributed by atoms with E-state index < -0.39 is 0 Å². The van der Waals surface area contributed by atoms with Gasteiger partial charge in [-0.05, 0) is 51.0 Å². The second-order valence-corrected chi connectivity index (χ2v) is 7.54. The van der Waals surface area contributed by atoms with Crippen molar-refractivity contribution < 1.29 is 9.53 Å². The number of aromatic nitrogens is 3. The van der Waals surface area contributed by atoms with Gasteiger partial charge < -0.3 is 9.64 Å². The van der Waals surface area contributed by atoms with E-state index in [-0.39, 0.29) is 18.1 Å². The Balaban J connectivity index is 1.67. The number of carbonyl (C=O) groups is 1. The zero-order valence-corrected chi connectivity index (χ0v) is 15.9. The van der Waals surface area contributed by atoms with Crippen LogP contribution in [0.25, 0.3) is 5.69 Å². The van der Waals surface area contributed by atoms with Gasteiger partial charge in [0.15, 0.2) is 5.16 Å². The van der Waals surface area contributed by atoms with Crippen molar-refractivity contribution in [2.75, 3.05) is 18.8 Å². The van der Waals surface area contributed by atoms with Gasteiger partial charge in [0.25, 0.3) is 0 Å². The highest BCUT2D eigenvalue weighted by atomic mass is 32.2. The van der Waals surface area contributed by atoms with Crippen molar-refractivity contribution in [3.63, 3.8) is 0 Å². The number of hydrogen-bond acceptors (Lipinski definition) is 5. The van der Waals surface area contributed by atoms with Gasteiger partial charge in [-0.3, -0.25) is 9.36 Å². The summed E-state index contributed by atoms with van der Waals surface area (Å²) in [6, 6.07) is 6.24. The Labute approximate surface area is 152 Å². The fourth-order valence-electron chi connectivity index (χ4n) is 2.97. The van der Waals surface area contributed by atoms with Gasteiger partial charge in [-0.15, -0.1) is 10.2 Å². The Bertz CT molecular complexity index is 751. The molecule has 6 nitrogen and oxygen atoms in total.